The largest absolute Gasteiger partial charge is 0.508 e. The summed E-state index contributed by atoms with van der Waals surface area (Å²) in [7, 11) is -3.50. The highest BCUT2D eigenvalue weighted by atomic mass is 32.2. The van der Waals surface area contributed by atoms with Gasteiger partial charge in [-0.2, -0.15) is 0 Å². The Labute approximate surface area is 121 Å². The van der Waals surface area contributed by atoms with E-state index in [0.29, 0.717) is 11.8 Å². The lowest BCUT2D eigenvalue weighted by Crippen LogP contribution is -2.43. The molecular weight excluding hydrogens is 274 g/mol. The van der Waals surface area contributed by atoms with Crippen molar-refractivity contribution in [3.63, 3.8) is 0 Å². The topological polar surface area (TPSA) is 66.4 Å². The molecule has 2 N–H and O–H groups in total. The van der Waals surface area contributed by atoms with E-state index in [1.807, 2.05) is 0 Å². The highest BCUT2D eigenvalue weighted by Crippen LogP contribution is 2.31. The van der Waals surface area contributed by atoms with Gasteiger partial charge in [0.1, 0.15) is 5.75 Å². The average molecular weight is 297 g/mol. The summed E-state index contributed by atoms with van der Waals surface area (Å²) in [6.07, 6.45) is 4.24. The van der Waals surface area contributed by atoms with Crippen molar-refractivity contribution in [3.05, 3.63) is 24.3 Å². The molecule has 1 aromatic rings. The van der Waals surface area contributed by atoms with Crippen LogP contribution < -0.4 is 4.72 Å². The molecule has 5 heteroatoms. The van der Waals surface area contributed by atoms with Crippen molar-refractivity contribution in [2.45, 2.75) is 50.5 Å². The molecule has 4 nitrogen and oxygen atoms in total. The fraction of sp³-hybridized carbons (Fsp3) is 0.600. The van der Waals surface area contributed by atoms with E-state index in [1.54, 1.807) is 0 Å². The number of hydrogen-bond donors (Lipinski definition) is 2. The molecule has 1 aromatic carbocycles. The lowest BCUT2D eigenvalue weighted by molar-refractivity contribution is 0.226. The molecule has 0 saturated heterocycles. The van der Waals surface area contributed by atoms with Gasteiger partial charge in [-0.1, -0.05) is 26.7 Å². The maximum atomic E-state index is 12.4. The van der Waals surface area contributed by atoms with E-state index in [2.05, 4.69) is 18.6 Å². The van der Waals surface area contributed by atoms with Crippen molar-refractivity contribution in [2.24, 2.45) is 11.8 Å². The summed E-state index contributed by atoms with van der Waals surface area (Å²) in [6.45, 7) is 4.30. The third-order valence-electron chi connectivity index (χ3n) is 4.13. The molecule has 112 valence electrons. The zero-order valence-electron chi connectivity index (χ0n) is 12.0. The van der Waals surface area contributed by atoms with Crippen LogP contribution in [0.4, 0.5) is 0 Å². The second-order valence-electron chi connectivity index (χ2n) is 5.91. The first kappa shape index (κ1) is 15.3. The summed E-state index contributed by atoms with van der Waals surface area (Å²) in [4.78, 5) is 0.211. The van der Waals surface area contributed by atoms with Gasteiger partial charge < -0.3 is 5.11 Å². The number of phenols is 1. The van der Waals surface area contributed by atoms with Crippen LogP contribution in [0.15, 0.2) is 29.2 Å². The van der Waals surface area contributed by atoms with Crippen LogP contribution in [-0.4, -0.2) is 19.6 Å². The zero-order valence-corrected chi connectivity index (χ0v) is 12.9. The summed E-state index contributed by atoms with van der Waals surface area (Å²) in [5.41, 5.74) is 0. The van der Waals surface area contributed by atoms with Gasteiger partial charge in [-0.3, -0.25) is 0 Å². The summed E-state index contributed by atoms with van der Waals surface area (Å²) < 4.78 is 27.6. The Balaban J connectivity index is 2.16. The first-order valence-corrected chi connectivity index (χ1v) is 8.70. The molecule has 0 aromatic heterocycles. The quantitative estimate of drug-likeness (QED) is 0.898. The minimum Gasteiger partial charge on any atom is -0.508 e. The molecule has 2 atom stereocenters. The smallest absolute Gasteiger partial charge is 0.240 e. The number of nitrogens with one attached hydrogen (secondary N) is 1. The van der Waals surface area contributed by atoms with E-state index in [1.165, 1.54) is 30.7 Å². The van der Waals surface area contributed by atoms with Crippen LogP contribution in [0.25, 0.3) is 0 Å². The molecule has 0 aliphatic heterocycles. The molecule has 1 aliphatic carbocycles. The highest BCUT2D eigenvalue weighted by Gasteiger charge is 2.31. The van der Waals surface area contributed by atoms with Crippen LogP contribution in [0.5, 0.6) is 5.75 Å². The third kappa shape index (κ3) is 3.52. The summed E-state index contributed by atoms with van der Waals surface area (Å²) in [5.74, 6) is 0.945. The molecule has 0 spiro atoms. The molecule has 1 aliphatic rings. The average Bonchev–Trinajstić information content (AvgIpc) is 2.39. The van der Waals surface area contributed by atoms with Crippen LogP contribution in [0.3, 0.4) is 0 Å². The molecule has 2 unspecified atom stereocenters. The minimum absolute atomic E-state index is 0.0163. The Morgan fingerprint density at radius 2 is 1.75 bits per heavy atom. The van der Waals surface area contributed by atoms with E-state index in [-0.39, 0.29) is 16.7 Å². The molecule has 1 saturated carbocycles. The van der Waals surface area contributed by atoms with Gasteiger partial charge in [-0.15, -0.1) is 0 Å². The number of benzene rings is 1. The standard InChI is InChI=1S/C15H23NO3S/c1-11(2)14-5-3-4-6-15(14)16-20(18,19)13-9-7-12(17)8-10-13/h7-11,14-17H,3-6H2,1-2H3. The number of hydrogen-bond acceptors (Lipinski definition) is 3. The van der Waals surface area contributed by atoms with Gasteiger partial charge in [-0.25, -0.2) is 13.1 Å². The number of aromatic hydroxyl groups is 1. The first-order valence-electron chi connectivity index (χ1n) is 7.21. The van der Waals surface area contributed by atoms with Crippen molar-refractivity contribution in [2.75, 3.05) is 0 Å². The van der Waals surface area contributed by atoms with Crippen LogP contribution in [0, 0.1) is 11.8 Å². The van der Waals surface area contributed by atoms with E-state index in [4.69, 9.17) is 0 Å². The fourth-order valence-electron chi connectivity index (χ4n) is 3.00. The zero-order chi connectivity index (χ0) is 14.8. The summed E-state index contributed by atoms with van der Waals surface area (Å²) in [5, 5.41) is 9.24. The molecule has 20 heavy (non-hydrogen) atoms. The van der Waals surface area contributed by atoms with Gasteiger partial charge in [-0.05, 0) is 48.9 Å². The highest BCUT2D eigenvalue weighted by molar-refractivity contribution is 7.89. The summed E-state index contributed by atoms with van der Waals surface area (Å²) in [6, 6.07) is 5.68. The van der Waals surface area contributed by atoms with E-state index in [0.717, 1.165) is 19.3 Å². The predicted molar refractivity (Wildman–Crippen MR) is 79.0 cm³/mol. The van der Waals surface area contributed by atoms with E-state index >= 15 is 0 Å². The van der Waals surface area contributed by atoms with Crippen molar-refractivity contribution in [1.82, 2.24) is 4.72 Å². The van der Waals surface area contributed by atoms with Gasteiger partial charge in [0.15, 0.2) is 0 Å². The maximum Gasteiger partial charge on any atom is 0.240 e. The van der Waals surface area contributed by atoms with E-state index in [9.17, 15) is 13.5 Å². The lowest BCUT2D eigenvalue weighted by Gasteiger charge is -2.34. The molecule has 0 bridgehead atoms. The van der Waals surface area contributed by atoms with Gasteiger partial charge in [0, 0.05) is 6.04 Å². The van der Waals surface area contributed by atoms with Crippen molar-refractivity contribution in [3.8, 4) is 5.75 Å². The fourth-order valence-corrected chi connectivity index (χ4v) is 4.32. The van der Waals surface area contributed by atoms with Gasteiger partial charge >= 0.3 is 0 Å². The van der Waals surface area contributed by atoms with E-state index < -0.39 is 10.0 Å². The molecular formula is C15H23NO3S. The Kier molecular flexibility index (Phi) is 4.70. The Hall–Kier alpha value is -1.07. The molecule has 0 radical (unpaired) electrons. The number of sulfonamides is 1. The lowest BCUT2D eigenvalue weighted by atomic mass is 9.78. The van der Waals surface area contributed by atoms with Crippen molar-refractivity contribution < 1.29 is 13.5 Å². The molecule has 0 heterocycles. The predicted octanol–water partition coefficient (Wildman–Crippen LogP) is 2.89. The van der Waals surface area contributed by atoms with Gasteiger partial charge in [0.25, 0.3) is 0 Å². The summed E-state index contributed by atoms with van der Waals surface area (Å²) >= 11 is 0. The van der Waals surface area contributed by atoms with Crippen molar-refractivity contribution in [1.29, 1.82) is 0 Å². The van der Waals surface area contributed by atoms with Gasteiger partial charge in [0.2, 0.25) is 10.0 Å². The first-order chi connectivity index (χ1) is 9.40. The third-order valence-corrected chi connectivity index (χ3v) is 5.64. The Bertz CT molecular complexity index is 537. The van der Waals surface area contributed by atoms with Crippen LogP contribution >= 0.6 is 0 Å². The second-order valence-corrected chi connectivity index (χ2v) is 7.63. The number of phenolic OH excluding ortho intramolecular Hbond substituents is 1. The van der Waals surface area contributed by atoms with Crippen LogP contribution in [0.1, 0.15) is 39.5 Å². The minimum atomic E-state index is -3.50. The van der Waals surface area contributed by atoms with Crippen LogP contribution in [-0.2, 0) is 10.0 Å². The molecule has 1 fully saturated rings. The Morgan fingerprint density at radius 1 is 1.15 bits per heavy atom. The maximum absolute atomic E-state index is 12.4. The van der Waals surface area contributed by atoms with Crippen LogP contribution in [0.2, 0.25) is 0 Å². The molecule has 0 amide bonds. The Morgan fingerprint density at radius 3 is 2.35 bits per heavy atom. The molecule has 2 rings (SSSR count). The van der Waals surface area contributed by atoms with Crippen molar-refractivity contribution >= 4 is 10.0 Å². The normalized spacial score (nSPS) is 23.9. The second kappa shape index (κ2) is 6.14. The SMILES string of the molecule is CC(C)C1CCCCC1NS(=O)(=O)c1ccc(O)cc1. The monoisotopic (exact) mass is 297 g/mol. The number of rotatable bonds is 4. The van der Waals surface area contributed by atoms with Gasteiger partial charge in [0.05, 0.1) is 4.90 Å².